The Balaban J connectivity index is 1.06. The van der Waals surface area contributed by atoms with Gasteiger partial charge in [-0.1, -0.05) is 25.0 Å². The summed E-state index contributed by atoms with van der Waals surface area (Å²) >= 11 is 0. The van der Waals surface area contributed by atoms with E-state index in [1.807, 2.05) is 26.0 Å². The van der Waals surface area contributed by atoms with E-state index in [1.165, 1.54) is 23.1 Å². The van der Waals surface area contributed by atoms with Crippen molar-refractivity contribution in [3.05, 3.63) is 60.4 Å². The van der Waals surface area contributed by atoms with Gasteiger partial charge in [-0.2, -0.15) is 4.98 Å². The molecule has 9 rings (SSSR count). The van der Waals surface area contributed by atoms with Gasteiger partial charge in [-0.05, 0) is 127 Å². The number of fused-ring (bicyclic) bond motifs is 5. The number of aromatic nitrogens is 2. The fraction of sp³-hybridized carbons (Fsp3) is 0.532. The van der Waals surface area contributed by atoms with Crippen LogP contribution < -0.4 is 24.8 Å². The number of benzene rings is 2. The molecular weight excluding hydrogens is 860 g/mol. The van der Waals surface area contributed by atoms with Gasteiger partial charge in [0.25, 0.3) is 11.8 Å². The van der Waals surface area contributed by atoms with Crippen LogP contribution in [0.25, 0.3) is 33.5 Å². The SMILES string of the molecule is CC(C)Oc1ccc(-c2nc(O[C@@H]3C[C@H]4C(=O)N[C@]5(C(=O)NS(=O)(=O)C6(C)CC6)C[C@H]5/C=C\CCCCC[C@H](NC(=O)OC5CCCC5)C(=O)N4C3)c3oc4ccc(F)cc4c3n2)cc1. The highest BCUT2D eigenvalue weighted by atomic mass is 32.2. The number of ether oxygens (including phenoxy) is 3. The second-order valence-corrected chi connectivity index (χ2v) is 20.9. The number of hydrogen-bond donors (Lipinski definition) is 3. The molecule has 1 saturated heterocycles. The van der Waals surface area contributed by atoms with Crippen LogP contribution in [0.2, 0.25) is 0 Å². The molecule has 5 atom stereocenters. The van der Waals surface area contributed by atoms with E-state index in [0.717, 1.165) is 38.5 Å². The van der Waals surface area contributed by atoms with Crippen molar-refractivity contribution >= 4 is 55.9 Å². The topological polar surface area (TPSA) is 208 Å². The van der Waals surface area contributed by atoms with Crippen LogP contribution in [0.15, 0.2) is 59.0 Å². The Morgan fingerprint density at radius 3 is 2.48 bits per heavy atom. The molecule has 0 radical (unpaired) electrons. The van der Waals surface area contributed by atoms with Crippen molar-refractivity contribution in [1.29, 1.82) is 0 Å². The van der Waals surface area contributed by atoms with Crippen molar-refractivity contribution in [3.8, 4) is 23.0 Å². The summed E-state index contributed by atoms with van der Waals surface area (Å²) < 4.78 is 66.8. The first-order valence-electron chi connectivity index (χ1n) is 22.8. The monoisotopic (exact) mass is 914 g/mol. The number of nitrogens with zero attached hydrogens (tertiary/aromatic N) is 3. The second kappa shape index (κ2) is 17.5. The van der Waals surface area contributed by atoms with Crippen LogP contribution in [0.1, 0.15) is 104 Å². The lowest BCUT2D eigenvalue weighted by Crippen LogP contribution is -2.58. The van der Waals surface area contributed by atoms with Crippen molar-refractivity contribution < 1.29 is 50.6 Å². The normalized spacial score (nSPS) is 26.4. The van der Waals surface area contributed by atoms with Crippen LogP contribution in [-0.4, -0.2) is 94.3 Å². The van der Waals surface area contributed by atoms with Crippen molar-refractivity contribution in [1.82, 2.24) is 30.2 Å². The number of carbonyl (C=O) groups is 4. The van der Waals surface area contributed by atoms with Crippen LogP contribution in [-0.2, 0) is 29.1 Å². The number of rotatable bonds is 10. The zero-order chi connectivity index (χ0) is 45.7. The Kier molecular flexibility index (Phi) is 12.0. The van der Waals surface area contributed by atoms with E-state index < -0.39 is 74.0 Å². The average Bonchev–Trinajstić information content (AvgIpc) is 3.93. The zero-order valence-electron chi connectivity index (χ0n) is 36.8. The minimum absolute atomic E-state index is 0.0125. The van der Waals surface area contributed by atoms with E-state index in [1.54, 1.807) is 31.2 Å². The highest BCUT2D eigenvalue weighted by Gasteiger charge is 2.63. The molecule has 2 aromatic carbocycles. The summed E-state index contributed by atoms with van der Waals surface area (Å²) in [6, 6.07) is 8.92. The summed E-state index contributed by atoms with van der Waals surface area (Å²) in [5, 5.41) is 6.08. The van der Waals surface area contributed by atoms with Gasteiger partial charge < -0.3 is 34.2 Å². The largest absolute Gasteiger partial charge is 0.491 e. The molecule has 2 aliphatic heterocycles. The van der Waals surface area contributed by atoms with E-state index >= 15 is 0 Å². The molecule has 346 valence electrons. The van der Waals surface area contributed by atoms with Crippen LogP contribution in [0.5, 0.6) is 11.6 Å². The lowest BCUT2D eigenvalue weighted by molar-refractivity contribution is -0.141. The Bertz CT molecular complexity index is 2640. The maximum absolute atomic E-state index is 14.8. The maximum atomic E-state index is 14.8. The van der Waals surface area contributed by atoms with Crippen molar-refractivity contribution in [3.63, 3.8) is 0 Å². The predicted octanol–water partition coefficient (Wildman–Crippen LogP) is 6.75. The Morgan fingerprint density at radius 1 is 0.985 bits per heavy atom. The molecule has 5 aliphatic rings. The molecule has 16 nitrogen and oxygen atoms in total. The molecule has 2 aromatic heterocycles. The Labute approximate surface area is 376 Å². The number of hydrogen-bond acceptors (Lipinski definition) is 12. The smallest absolute Gasteiger partial charge is 0.408 e. The number of halogens is 1. The van der Waals surface area contributed by atoms with Crippen LogP contribution in [0.3, 0.4) is 0 Å². The van der Waals surface area contributed by atoms with E-state index in [-0.39, 0.29) is 60.8 Å². The summed E-state index contributed by atoms with van der Waals surface area (Å²) in [4.78, 5) is 67.8. The van der Waals surface area contributed by atoms with Gasteiger partial charge in [-0.25, -0.2) is 22.6 Å². The summed E-state index contributed by atoms with van der Waals surface area (Å²) in [6.07, 6.45) is 9.13. The zero-order valence-corrected chi connectivity index (χ0v) is 37.6. The van der Waals surface area contributed by atoms with E-state index in [0.29, 0.717) is 48.0 Å². The first kappa shape index (κ1) is 44.4. The average molecular weight is 915 g/mol. The standard InChI is InChI=1S/C47H55FN6O10S/c1-27(2)61-32-18-15-28(16-19-32)40-50-38-34-23-30(48)17-20-37(34)64-39(38)42(51-40)62-33-24-36-41(55)52-47(44(57)53-65(59,60)46(3)21-22-46)25-29(47)11-7-5-4-6-8-14-35(43(56)54(36)26-33)49-45(58)63-31-12-9-10-13-31/h7,11,15-20,23,27,29,31,33,35-36H,4-6,8-10,12-14,21-22,24-26H2,1-3H3,(H,49,58)(H,52,55)(H,53,57)/b11-7-/t29-,33-,35+,36+,47-/m1/s1. The Morgan fingerprint density at radius 2 is 1.74 bits per heavy atom. The van der Waals surface area contributed by atoms with Gasteiger partial charge in [0.1, 0.15) is 52.5 Å². The van der Waals surface area contributed by atoms with Gasteiger partial charge in [0, 0.05) is 23.3 Å². The molecule has 4 fully saturated rings. The van der Waals surface area contributed by atoms with Crippen LogP contribution in [0.4, 0.5) is 9.18 Å². The number of furan rings is 1. The van der Waals surface area contributed by atoms with Gasteiger partial charge in [0.2, 0.25) is 27.4 Å². The van der Waals surface area contributed by atoms with Crippen LogP contribution >= 0.6 is 0 Å². The number of allylic oxidation sites excluding steroid dienone is 1. The molecule has 3 aliphatic carbocycles. The lowest BCUT2D eigenvalue weighted by Gasteiger charge is -2.30. The molecule has 0 unspecified atom stereocenters. The van der Waals surface area contributed by atoms with Gasteiger partial charge in [-0.15, -0.1) is 0 Å². The second-order valence-electron chi connectivity index (χ2n) is 18.7. The predicted molar refractivity (Wildman–Crippen MR) is 237 cm³/mol. The molecule has 4 aromatic rings. The fourth-order valence-electron chi connectivity index (χ4n) is 9.19. The number of alkyl carbamates (subject to hydrolysis) is 1. The van der Waals surface area contributed by atoms with Crippen LogP contribution in [0, 0.1) is 11.7 Å². The number of nitrogens with one attached hydrogen (secondary N) is 3. The van der Waals surface area contributed by atoms with Crippen molar-refractivity contribution in [2.75, 3.05) is 6.54 Å². The third kappa shape index (κ3) is 9.23. The van der Waals surface area contributed by atoms with Gasteiger partial charge in [-0.3, -0.25) is 19.1 Å². The molecule has 3 saturated carbocycles. The van der Waals surface area contributed by atoms with E-state index in [2.05, 4.69) is 15.4 Å². The molecular formula is C47H55FN6O10S. The Hall–Kier alpha value is -5.78. The fourth-order valence-corrected chi connectivity index (χ4v) is 10.5. The highest BCUT2D eigenvalue weighted by Crippen LogP contribution is 2.48. The molecule has 4 amide bonds. The highest BCUT2D eigenvalue weighted by molar-refractivity contribution is 7.91. The number of carbonyl (C=O) groups excluding carboxylic acids is 4. The quantitative estimate of drug-likeness (QED) is 0.141. The van der Waals surface area contributed by atoms with Gasteiger partial charge >= 0.3 is 6.09 Å². The minimum Gasteiger partial charge on any atom is -0.491 e. The summed E-state index contributed by atoms with van der Waals surface area (Å²) in [7, 11) is -4.05. The maximum Gasteiger partial charge on any atom is 0.408 e. The van der Waals surface area contributed by atoms with E-state index in [4.69, 9.17) is 28.6 Å². The van der Waals surface area contributed by atoms with Crippen molar-refractivity contribution in [2.45, 2.75) is 145 Å². The molecule has 18 heteroatoms. The first-order valence-corrected chi connectivity index (χ1v) is 24.3. The molecule has 3 N–H and O–H groups in total. The lowest BCUT2D eigenvalue weighted by atomic mass is 10.0. The number of sulfonamides is 1. The molecule has 4 heterocycles. The van der Waals surface area contributed by atoms with Gasteiger partial charge in [0.15, 0.2) is 5.82 Å². The van der Waals surface area contributed by atoms with Gasteiger partial charge in [0.05, 0.1) is 17.4 Å². The summed E-state index contributed by atoms with van der Waals surface area (Å²) in [5.74, 6) is -2.20. The summed E-state index contributed by atoms with van der Waals surface area (Å²) in [5.41, 5.74) is -0.253. The molecule has 0 spiro atoms. The molecule has 65 heavy (non-hydrogen) atoms. The summed E-state index contributed by atoms with van der Waals surface area (Å²) in [6.45, 7) is 5.28. The molecule has 0 bridgehead atoms. The van der Waals surface area contributed by atoms with Crippen molar-refractivity contribution in [2.24, 2.45) is 5.92 Å². The third-order valence-corrected chi connectivity index (χ3v) is 15.5. The van der Waals surface area contributed by atoms with E-state index in [9.17, 15) is 32.0 Å². The third-order valence-electron chi connectivity index (χ3n) is 13.3. The number of amides is 4. The minimum atomic E-state index is -4.05. The first-order chi connectivity index (χ1) is 31.1.